The van der Waals surface area contributed by atoms with E-state index in [4.69, 9.17) is 10.8 Å². The van der Waals surface area contributed by atoms with Gasteiger partial charge >= 0.3 is 5.97 Å². The van der Waals surface area contributed by atoms with Crippen molar-refractivity contribution in [1.82, 2.24) is 0 Å². The highest BCUT2D eigenvalue weighted by Crippen LogP contribution is 2.27. The molecule has 0 aromatic heterocycles. The molecule has 0 fully saturated rings. The Balaban J connectivity index is 3.50. The lowest BCUT2D eigenvalue weighted by atomic mass is 10.3. The molecule has 0 bridgehead atoms. The molecule has 15 heavy (non-hydrogen) atoms. The van der Waals surface area contributed by atoms with Crippen molar-refractivity contribution in [2.75, 3.05) is 5.75 Å². The molecule has 0 heterocycles. The third-order valence-electron chi connectivity index (χ3n) is 1.28. The van der Waals surface area contributed by atoms with Crippen LogP contribution >= 0.6 is 21.6 Å². The van der Waals surface area contributed by atoms with Crippen LogP contribution in [0.4, 0.5) is 0 Å². The maximum atomic E-state index is 10.2. The second kappa shape index (κ2) is 9.73. The van der Waals surface area contributed by atoms with Gasteiger partial charge in [0.25, 0.3) is 0 Å². The Labute approximate surface area is 97.9 Å². The van der Waals surface area contributed by atoms with Gasteiger partial charge in [-0.25, -0.2) is 0 Å². The molecule has 0 unspecified atom stereocenters. The lowest BCUT2D eigenvalue weighted by Crippen LogP contribution is -1.94. The lowest BCUT2D eigenvalue weighted by Gasteiger charge is -1.98. The van der Waals surface area contributed by atoms with Crippen LogP contribution in [0.5, 0.6) is 0 Å². The molecule has 0 saturated carbocycles. The van der Waals surface area contributed by atoms with E-state index in [1.54, 1.807) is 29.0 Å². The predicted molar refractivity (Wildman–Crippen MR) is 68.5 cm³/mol. The molecule has 0 saturated heterocycles. The monoisotopic (exact) mass is 245 g/mol. The van der Waals surface area contributed by atoms with Crippen LogP contribution in [0.2, 0.25) is 0 Å². The summed E-state index contributed by atoms with van der Waals surface area (Å²) in [6, 6.07) is 0. The van der Waals surface area contributed by atoms with Crippen LogP contribution in [0.15, 0.2) is 35.9 Å². The molecule has 0 atom stereocenters. The average Bonchev–Trinajstić information content (AvgIpc) is 2.17. The summed E-state index contributed by atoms with van der Waals surface area (Å²) in [5, 5.41) is 9.10. The standard InChI is InChI=1S/C10H15NO2S2/c1-2-3-4-6-9(11)15-14-8-5-7-10(12)13/h2-4,6H,1,5,7-8,11H2,(H,12,13)/b4-3-,9-6+. The molecular weight excluding hydrogens is 230 g/mol. The summed E-state index contributed by atoms with van der Waals surface area (Å²) in [6.45, 7) is 3.54. The van der Waals surface area contributed by atoms with Crippen molar-refractivity contribution in [2.45, 2.75) is 12.8 Å². The van der Waals surface area contributed by atoms with Gasteiger partial charge in [-0.3, -0.25) is 4.79 Å². The van der Waals surface area contributed by atoms with Gasteiger partial charge in [-0.15, -0.1) is 0 Å². The molecule has 0 aliphatic rings. The van der Waals surface area contributed by atoms with E-state index in [1.165, 1.54) is 10.8 Å². The van der Waals surface area contributed by atoms with Crippen molar-refractivity contribution < 1.29 is 9.90 Å². The minimum Gasteiger partial charge on any atom is -0.481 e. The molecule has 0 amide bonds. The summed E-state index contributed by atoms with van der Waals surface area (Å²) in [4.78, 5) is 10.2. The van der Waals surface area contributed by atoms with Crippen molar-refractivity contribution in [3.05, 3.63) is 35.9 Å². The fourth-order valence-corrected chi connectivity index (χ4v) is 2.44. The van der Waals surface area contributed by atoms with E-state index in [2.05, 4.69) is 6.58 Å². The van der Waals surface area contributed by atoms with Crippen molar-refractivity contribution >= 4 is 27.6 Å². The van der Waals surface area contributed by atoms with E-state index in [0.717, 1.165) is 5.75 Å². The molecule has 5 heteroatoms. The van der Waals surface area contributed by atoms with Crippen LogP contribution in [0.25, 0.3) is 0 Å². The van der Waals surface area contributed by atoms with Gasteiger partial charge in [0.05, 0.1) is 5.03 Å². The number of hydrogen-bond donors (Lipinski definition) is 2. The summed E-state index contributed by atoms with van der Waals surface area (Å²) >= 11 is 0. The average molecular weight is 245 g/mol. The SMILES string of the molecule is C=C/C=C\C=C(/N)SSCCCC(=O)O. The number of hydrogen-bond acceptors (Lipinski definition) is 4. The Kier molecular flexibility index (Phi) is 9.21. The number of carbonyl (C=O) groups is 1. The van der Waals surface area contributed by atoms with Crippen LogP contribution in [0, 0.1) is 0 Å². The maximum absolute atomic E-state index is 10.2. The second-order valence-electron chi connectivity index (χ2n) is 2.59. The zero-order chi connectivity index (χ0) is 11.5. The zero-order valence-corrected chi connectivity index (χ0v) is 10.0. The summed E-state index contributed by atoms with van der Waals surface area (Å²) in [5.41, 5.74) is 5.66. The Bertz CT molecular complexity index is 262. The van der Waals surface area contributed by atoms with E-state index >= 15 is 0 Å². The molecule has 0 aliphatic carbocycles. The molecule has 0 radical (unpaired) electrons. The van der Waals surface area contributed by atoms with Crippen molar-refractivity contribution in [3.8, 4) is 0 Å². The largest absolute Gasteiger partial charge is 0.481 e. The van der Waals surface area contributed by atoms with Crippen LogP contribution in [-0.4, -0.2) is 16.8 Å². The van der Waals surface area contributed by atoms with Gasteiger partial charge in [0.15, 0.2) is 0 Å². The number of carboxylic acid groups (broad SMARTS) is 1. The van der Waals surface area contributed by atoms with E-state index in [-0.39, 0.29) is 6.42 Å². The van der Waals surface area contributed by atoms with Gasteiger partial charge in [0.2, 0.25) is 0 Å². The van der Waals surface area contributed by atoms with Gasteiger partial charge in [0, 0.05) is 12.2 Å². The van der Waals surface area contributed by atoms with E-state index in [0.29, 0.717) is 11.4 Å². The third-order valence-corrected chi connectivity index (χ3v) is 3.61. The Morgan fingerprint density at radius 1 is 1.47 bits per heavy atom. The molecule has 0 aliphatic heterocycles. The Hall–Kier alpha value is -0.810. The molecule has 3 N–H and O–H groups in total. The van der Waals surface area contributed by atoms with Crippen molar-refractivity contribution in [1.29, 1.82) is 0 Å². The second-order valence-corrected chi connectivity index (χ2v) is 5.08. The first-order valence-corrected chi connectivity index (χ1v) is 6.75. The molecule has 0 aromatic carbocycles. The minimum absolute atomic E-state index is 0.216. The summed E-state index contributed by atoms with van der Waals surface area (Å²) in [5.74, 6) is 0.0365. The highest BCUT2D eigenvalue weighted by Gasteiger charge is 1.97. The molecular formula is C10H15NO2S2. The minimum atomic E-state index is -0.752. The van der Waals surface area contributed by atoms with Crippen molar-refractivity contribution in [3.63, 3.8) is 0 Å². The number of carboxylic acids is 1. The summed E-state index contributed by atoms with van der Waals surface area (Å²) in [7, 11) is 3.02. The van der Waals surface area contributed by atoms with Crippen molar-refractivity contribution in [2.24, 2.45) is 5.73 Å². The molecule has 84 valence electrons. The maximum Gasteiger partial charge on any atom is 0.303 e. The normalized spacial score (nSPS) is 11.9. The van der Waals surface area contributed by atoms with Crippen LogP contribution < -0.4 is 5.73 Å². The first kappa shape index (κ1) is 14.2. The third kappa shape index (κ3) is 11.1. The van der Waals surface area contributed by atoms with E-state index in [1.807, 2.05) is 6.08 Å². The van der Waals surface area contributed by atoms with Gasteiger partial charge in [0.1, 0.15) is 0 Å². The smallest absolute Gasteiger partial charge is 0.303 e. The fraction of sp³-hybridized carbons (Fsp3) is 0.300. The van der Waals surface area contributed by atoms with Gasteiger partial charge in [-0.1, -0.05) is 35.6 Å². The quantitative estimate of drug-likeness (QED) is 0.391. The van der Waals surface area contributed by atoms with Crippen LogP contribution in [0.3, 0.4) is 0 Å². The molecule has 0 spiro atoms. The highest BCUT2D eigenvalue weighted by molar-refractivity contribution is 8.78. The summed E-state index contributed by atoms with van der Waals surface area (Å²) < 4.78 is 0. The Morgan fingerprint density at radius 2 is 2.20 bits per heavy atom. The first-order chi connectivity index (χ1) is 7.16. The highest BCUT2D eigenvalue weighted by atomic mass is 33.1. The number of allylic oxidation sites excluding steroid dienone is 4. The number of rotatable bonds is 8. The number of aliphatic carboxylic acids is 1. The van der Waals surface area contributed by atoms with Crippen LogP contribution in [-0.2, 0) is 4.79 Å². The van der Waals surface area contributed by atoms with Crippen LogP contribution in [0.1, 0.15) is 12.8 Å². The summed E-state index contributed by atoms with van der Waals surface area (Å²) in [6.07, 6.45) is 7.96. The topological polar surface area (TPSA) is 63.3 Å². The first-order valence-electron chi connectivity index (χ1n) is 4.43. The Morgan fingerprint density at radius 3 is 2.80 bits per heavy atom. The van der Waals surface area contributed by atoms with Gasteiger partial charge in [-0.05, 0) is 23.3 Å². The lowest BCUT2D eigenvalue weighted by molar-refractivity contribution is -0.137. The zero-order valence-electron chi connectivity index (χ0n) is 8.39. The van der Waals surface area contributed by atoms with Gasteiger partial charge in [-0.2, -0.15) is 0 Å². The number of nitrogens with two attached hydrogens (primary N) is 1. The molecule has 3 nitrogen and oxygen atoms in total. The van der Waals surface area contributed by atoms with E-state index in [9.17, 15) is 4.79 Å². The van der Waals surface area contributed by atoms with Gasteiger partial charge < -0.3 is 10.8 Å². The predicted octanol–water partition coefficient (Wildman–Crippen LogP) is 2.77. The fourth-order valence-electron chi connectivity index (χ4n) is 0.649. The molecule has 0 rings (SSSR count). The van der Waals surface area contributed by atoms with E-state index < -0.39 is 5.97 Å². The molecule has 0 aromatic rings.